The van der Waals surface area contributed by atoms with Crippen LogP contribution in [0.25, 0.3) is 0 Å². The van der Waals surface area contributed by atoms with Crippen LogP contribution in [0.3, 0.4) is 0 Å². The molecule has 0 atom stereocenters. The predicted octanol–water partition coefficient (Wildman–Crippen LogP) is 2.78. The van der Waals surface area contributed by atoms with Gasteiger partial charge in [0.05, 0.1) is 35.4 Å². The highest BCUT2D eigenvalue weighted by atomic mass is 32.2. The zero-order chi connectivity index (χ0) is 23.8. The van der Waals surface area contributed by atoms with Gasteiger partial charge in [-0.2, -0.15) is 0 Å². The molecule has 9 nitrogen and oxygen atoms in total. The molecule has 0 saturated carbocycles. The van der Waals surface area contributed by atoms with Crippen molar-refractivity contribution in [2.24, 2.45) is 0 Å². The normalized spacial score (nSPS) is 13.1. The highest BCUT2D eigenvalue weighted by Crippen LogP contribution is 2.30. The van der Waals surface area contributed by atoms with Crippen molar-refractivity contribution >= 4 is 33.5 Å². The number of phenolic OH excluding ortho intramolecular Hbond substituents is 1. The molecule has 168 valence electrons. The van der Waals surface area contributed by atoms with Crippen LogP contribution in [0.5, 0.6) is 5.75 Å². The number of sulfonamides is 1. The van der Waals surface area contributed by atoms with Crippen LogP contribution in [-0.4, -0.2) is 43.3 Å². The lowest BCUT2D eigenvalue weighted by molar-refractivity contribution is 0.0594. The first kappa shape index (κ1) is 22.0. The predicted molar refractivity (Wildman–Crippen MR) is 117 cm³/mol. The van der Waals surface area contributed by atoms with Gasteiger partial charge in [-0.15, -0.1) is 0 Å². The van der Waals surface area contributed by atoms with Crippen molar-refractivity contribution in [3.63, 3.8) is 0 Å². The minimum atomic E-state index is -4.10. The summed E-state index contributed by atoms with van der Waals surface area (Å²) in [6.07, 6.45) is 0. The molecule has 0 aromatic heterocycles. The Kier molecular flexibility index (Phi) is 5.60. The Hall–Kier alpha value is -4.18. The number of anilines is 1. The van der Waals surface area contributed by atoms with E-state index in [0.717, 1.165) is 12.0 Å². The summed E-state index contributed by atoms with van der Waals surface area (Å²) in [5.41, 5.74) is 0.848. The zero-order valence-corrected chi connectivity index (χ0v) is 18.1. The summed E-state index contributed by atoms with van der Waals surface area (Å²) < 4.78 is 32.3. The SMILES string of the molecule is COC(=O)c1cccc(NS(=O)(=O)c2ccc(CN3C(=O)c4ccccc4C3=O)cc2)c1O. The molecule has 1 aliphatic heterocycles. The summed E-state index contributed by atoms with van der Waals surface area (Å²) in [7, 11) is -2.96. The molecule has 0 unspecified atom stereocenters. The second-order valence-corrected chi connectivity index (χ2v) is 8.87. The highest BCUT2D eigenvalue weighted by molar-refractivity contribution is 7.92. The van der Waals surface area contributed by atoms with E-state index in [4.69, 9.17) is 0 Å². The number of fused-ring (bicyclic) bond motifs is 1. The Morgan fingerprint density at radius 2 is 1.55 bits per heavy atom. The molecular weight excluding hydrogens is 448 g/mol. The molecule has 0 radical (unpaired) electrons. The van der Waals surface area contributed by atoms with Crippen LogP contribution in [-0.2, 0) is 21.3 Å². The number of para-hydroxylation sites is 1. The van der Waals surface area contributed by atoms with Crippen molar-refractivity contribution in [2.45, 2.75) is 11.4 Å². The number of rotatable bonds is 6. The van der Waals surface area contributed by atoms with Gasteiger partial charge in [0.2, 0.25) is 0 Å². The van der Waals surface area contributed by atoms with Crippen molar-refractivity contribution in [2.75, 3.05) is 11.8 Å². The fourth-order valence-corrected chi connectivity index (χ4v) is 4.51. The fourth-order valence-electron chi connectivity index (χ4n) is 3.44. The molecule has 0 saturated heterocycles. The van der Waals surface area contributed by atoms with E-state index >= 15 is 0 Å². The maximum absolute atomic E-state index is 12.8. The van der Waals surface area contributed by atoms with E-state index in [0.29, 0.717) is 16.7 Å². The Morgan fingerprint density at radius 3 is 2.12 bits per heavy atom. The average molecular weight is 466 g/mol. The lowest BCUT2D eigenvalue weighted by Crippen LogP contribution is -2.29. The fraction of sp³-hybridized carbons (Fsp3) is 0.0870. The van der Waals surface area contributed by atoms with Gasteiger partial charge in [0.1, 0.15) is 5.56 Å². The Labute approximate surface area is 189 Å². The smallest absolute Gasteiger partial charge is 0.341 e. The first-order chi connectivity index (χ1) is 15.7. The minimum Gasteiger partial charge on any atom is -0.505 e. The van der Waals surface area contributed by atoms with Crippen molar-refractivity contribution in [3.8, 4) is 5.75 Å². The number of ether oxygens (including phenoxy) is 1. The molecule has 3 aromatic carbocycles. The van der Waals surface area contributed by atoms with Gasteiger partial charge >= 0.3 is 5.97 Å². The number of nitrogens with zero attached hydrogens (tertiary/aromatic N) is 1. The number of carbonyl (C=O) groups excluding carboxylic acids is 3. The summed E-state index contributed by atoms with van der Waals surface area (Å²) in [5.74, 6) is -2.19. The molecule has 2 N–H and O–H groups in total. The molecule has 3 aromatic rings. The third kappa shape index (κ3) is 4.03. The molecule has 33 heavy (non-hydrogen) atoms. The second-order valence-electron chi connectivity index (χ2n) is 7.18. The monoisotopic (exact) mass is 466 g/mol. The summed E-state index contributed by atoms with van der Waals surface area (Å²) >= 11 is 0. The molecule has 10 heteroatoms. The Balaban J connectivity index is 1.52. The molecule has 0 bridgehead atoms. The first-order valence-electron chi connectivity index (χ1n) is 9.70. The van der Waals surface area contributed by atoms with Crippen LogP contribution in [0.4, 0.5) is 5.69 Å². The van der Waals surface area contributed by atoms with Gasteiger partial charge in [-0.1, -0.05) is 30.3 Å². The summed E-state index contributed by atoms with van der Waals surface area (Å²) in [6, 6.07) is 16.1. The number of hydrogen-bond acceptors (Lipinski definition) is 7. The maximum atomic E-state index is 12.8. The lowest BCUT2D eigenvalue weighted by Gasteiger charge is -2.15. The standard InChI is InChI=1S/C23H18N2O7S/c1-32-23(29)18-7-4-8-19(20(18)26)24-33(30,31)15-11-9-14(10-12-15)13-25-21(27)16-5-2-3-6-17(16)22(25)28/h2-12,24,26H,13H2,1H3. The van der Waals surface area contributed by atoms with Gasteiger partial charge < -0.3 is 9.84 Å². The van der Waals surface area contributed by atoms with Gasteiger partial charge in [0.15, 0.2) is 5.75 Å². The molecular formula is C23H18N2O7S. The van der Waals surface area contributed by atoms with E-state index in [9.17, 15) is 27.9 Å². The van der Waals surface area contributed by atoms with E-state index in [1.807, 2.05) is 0 Å². The van der Waals surface area contributed by atoms with Crippen molar-refractivity contribution in [3.05, 3.63) is 89.0 Å². The van der Waals surface area contributed by atoms with Crippen LogP contribution in [0.1, 0.15) is 36.6 Å². The maximum Gasteiger partial charge on any atom is 0.341 e. The number of hydrogen-bond donors (Lipinski definition) is 2. The highest BCUT2D eigenvalue weighted by Gasteiger charge is 2.35. The van der Waals surface area contributed by atoms with Gasteiger partial charge in [-0.05, 0) is 42.0 Å². The molecule has 1 heterocycles. The Bertz CT molecular complexity index is 1350. The number of methoxy groups -OCH3 is 1. The number of amides is 2. The molecule has 2 amide bonds. The van der Waals surface area contributed by atoms with Gasteiger partial charge in [-0.3, -0.25) is 19.2 Å². The van der Waals surface area contributed by atoms with Crippen molar-refractivity contribution in [1.82, 2.24) is 4.90 Å². The quantitative estimate of drug-likeness (QED) is 0.325. The van der Waals surface area contributed by atoms with E-state index in [2.05, 4.69) is 9.46 Å². The number of imide groups is 1. The van der Waals surface area contributed by atoms with Crippen LogP contribution >= 0.6 is 0 Å². The topological polar surface area (TPSA) is 130 Å². The molecule has 0 fully saturated rings. The van der Waals surface area contributed by atoms with Crippen LogP contribution in [0.2, 0.25) is 0 Å². The second kappa shape index (κ2) is 8.40. The molecule has 4 rings (SSSR count). The summed E-state index contributed by atoms with van der Waals surface area (Å²) in [4.78, 5) is 37.7. The van der Waals surface area contributed by atoms with Crippen LogP contribution in [0.15, 0.2) is 71.6 Å². The van der Waals surface area contributed by atoms with Gasteiger partial charge in [-0.25, -0.2) is 13.2 Å². The number of esters is 1. The van der Waals surface area contributed by atoms with Crippen molar-refractivity contribution < 1.29 is 32.6 Å². The number of benzene rings is 3. The number of phenols is 1. The molecule has 0 aliphatic carbocycles. The van der Waals surface area contributed by atoms with E-state index in [1.54, 1.807) is 24.3 Å². The lowest BCUT2D eigenvalue weighted by atomic mass is 10.1. The summed E-state index contributed by atoms with van der Waals surface area (Å²) in [5, 5.41) is 10.2. The van der Waals surface area contributed by atoms with E-state index in [1.165, 1.54) is 42.5 Å². The largest absolute Gasteiger partial charge is 0.505 e. The third-order valence-corrected chi connectivity index (χ3v) is 6.52. The average Bonchev–Trinajstić information content (AvgIpc) is 3.05. The third-order valence-electron chi connectivity index (χ3n) is 5.14. The zero-order valence-electron chi connectivity index (χ0n) is 17.3. The number of carbonyl (C=O) groups is 3. The first-order valence-corrected chi connectivity index (χ1v) is 11.2. The van der Waals surface area contributed by atoms with Crippen LogP contribution < -0.4 is 4.72 Å². The van der Waals surface area contributed by atoms with Gasteiger partial charge in [0, 0.05) is 0 Å². The van der Waals surface area contributed by atoms with Crippen molar-refractivity contribution in [1.29, 1.82) is 0 Å². The molecule has 1 aliphatic rings. The van der Waals surface area contributed by atoms with Crippen LogP contribution in [0, 0.1) is 0 Å². The number of aromatic hydroxyl groups is 1. The van der Waals surface area contributed by atoms with E-state index in [-0.39, 0.29) is 22.7 Å². The Morgan fingerprint density at radius 1 is 0.939 bits per heavy atom. The van der Waals surface area contributed by atoms with E-state index < -0.39 is 33.6 Å². The molecule has 0 spiro atoms. The summed E-state index contributed by atoms with van der Waals surface area (Å²) in [6.45, 7) is -0.0118. The van der Waals surface area contributed by atoms with Gasteiger partial charge in [0.25, 0.3) is 21.8 Å². The minimum absolute atomic E-state index is 0.0118. The number of nitrogens with one attached hydrogen (secondary N) is 1.